The molecular formula is C13H14N2O4S. The van der Waals surface area contributed by atoms with Gasteiger partial charge in [-0.3, -0.25) is 4.79 Å². The first kappa shape index (κ1) is 14.5. The zero-order valence-corrected chi connectivity index (χ0v) is 11.7. The van der Waals surface area contributed by atoms with Gasteiger partial charge in [0.1, 0.15) is 6.04 Å². The fourth-order valence-electron chi connectivity index (χ4n) is 2.33. The fraction of sp³-hybridized carbons (Fsp3) is 0.385. The van der Waals surface area contributed by atoms with Crippen molar-refractivity contribution < 1.29 is 18.3 Å². The van der Waals surface area contributed by atoms with Gasteiger partial charge in [0.2, 0.25) is 10.0 Å². The second-order valence-electron chi connectivity index (χ2n) is 4.70. The highest BCUT2D eigenvalue weighted by Gasteiger charge is 2.39. The smallest absolute Gasteiger partial charge is 0.322 e. The van der Waals surface area contributed by atoms with Crippen LogP contribution in [-0.4, -0.2) is 36.4 Å². The lowest BCUT2D eigenvalue weighted by Crippen LogP contribution is -2.40. The molecule has 0 amide bonds. The lowest BCUT2D eigenvalue weighted by atomic mass is 10.1. The number of nitriles is 1. The maximum Gasteiger partial charge on any atom is 0.322 e. The largest absolute Gasteiger partial charge is 0.480 e. The van der Waals surface area contributed by atoms with Gasteiger partial charge in [0, 0.05) is 6.54 Å². The Labute approximate surface area is 117 Å². The first-order valence-corrected chi connectivity index (χ1v) is 7.57. The zero-order chi connectivity index (χ0) is 14.9. The normalized spacial score (nSPS) is 19.7. The van der Waals surface area contributed by atoms with Gasteiger partial charge < -0.3 is 5.11 Å². The van der Waals surface area contributed by atoms with Crippen LogP contribution in [0.15, 0.2) is 23.1 Å². The zero-order valence-electron chi connectivity index (χ0n) is 10.9. The van der Waals surface area contributed by atoms with E-state index in [4.69, 9.17) is 10.4 Å². The maximum atomic E-state index is 12.5. The van der Waals surface area contributed by atoms with E-state index in [0.717, 1.165) is 4.31 Å². The van der Waals surface area contributed by atoms with E-state index in [9.17, 15) is 13.2 Å². The van der Waals surface area contributed by atoms with Crippen LogP contribution in [0.3, 0.4) is 0 Å². The van der Waals surface area contributed by atoms with Crippen LogP contribution in [0.25, 0.3) is 0 Å². The van der Waals surface area contributed by atoms with E-state index in [1.807, 2.05) is 6.07 Å². The highest BCUT2D eigenvalue weighted by atomic mass is 32.2. The van der Waals surface area contributed by atoms with Crippen molar-refractivity contribution in [2.75, 3.05) is 6.54 Å². The Bertz CT molecular complexity index is 691. The summed E-state index contributed by atoms with van der Waals surface area (Å²) in [5.74, 6) is -1.13. The third kappa shape index (κ3) is 2.40. The SMILES string of the molecule is Cc1cc(S(=O)(=O)N2CCC[C@@H]2C(=O)O)ccc1C#N. The Morgan fingerprint density at radius 2 is 2.20 bits per heavy atom. The van der Waals surface area contributed by atoms with Crippen molar-refractivity contribution >= 4 is 16.0 Å². The summed E-state index contributed by atoms with van der Waals surface area (Å²) in [7, 11) is -3.84. The van der Waals surface area contributed by atoms with Crippen molar-refractivity contribution in [3.05, 3.63) is 29.3 Å². The monoisotopic (exact) mass is 294 g/mol. The van der Waals surface area contributed by atoms with E-state index in [-0.39, 0.29) is 11.4 Å². The predicted molar refractivity (Wildman–Crippen MR) is 70.4 cm³/mol. The van der Waals surface area contributed by atoms with Crippen LogP contribution in [0, 0.1) is 18.3 Å². The van der Waals surface area contributed by atoms with Crippen molar-refractivity contribution in [2.45, 2.75) is 30.7 Å². The number of hydrogen-bond acceptors (Lipinski definition) is 4. The van der Waals surface area contributed by atoms with E-state index in [1.165, 1.54) is 18.2 Å². The van der Waals surface area contributed by atoms with Crippen LogP contribution in [0.4, 0.5) is 0 Å². The summed E-state index contributed by atoms with van der Waals surface area (Å²) in [5, 5.41) is 17.9. The van der Waals surface area contributed by atoms with Crippen molar-refractivity contribution in [2.24, 2.45) is 0 Å². The third-order valence-corrected chi connectivity index (χ3v) is 5.32. The van der Waals surface area contributed by atoms with Crippen molar-refractivity contribution in [3.8, 4) is 6.07 Å². The molecule has 20 heavy (non-hydrogen) atoms. The van der Waals surface area contributed by atoms with Crippen LogP contribution < -0.4 is 0 Å². The van der Waals surface area contributed by atoms with E-state index in [0.29, 0.717) is 24.0 Å². The molecule has 1 aliphatic rings. The summed E-state index contributed by atoms with van der Waals surface area (Å²) < 4.78 is 26.0. The molecule has 0 bridgehead atoms. The summed E-state index contributed by atoms with van der Waals surface area (Å²) >= 11 is 0. The molecule has 0 aliphatic carbocycles. The molecule has 1 heterocycles. The molecule has 0 radical (unpaired) electrons. The molecule has 0 aromatic heterocycles. The molecule has 1 aromatic carbocycles. The standard InChI is InChI=1S/C13H14N2O4S/c1-9-7-11(5-4-10(9)8-14)20(18,19)15-6-2-3-12(15)13(16)17/h4-5,7,12H,2-3,6H2,1H3,(H,16,17)/t12-/m1/s1. The van der Waals surface area contributed by atoms with Crippen LogP contribution in [0.1, 0.15) is 24.0 Å². The van der Waals surface area contributed by atoms with Crippen LogP contribution in [0.2, 0.25) is 0 Å². The molecule has 2 rings (SSSR count). The average Bonchev–Trinajstić information content (AvgIpc) is 2.88. The number of carboxylic acids is 1. The lowest BCUT2D eigenvalue weighted by Gasteiger charge is -2.21. The van der Waals surface area contributed by atoms with E-state index >= 15 is 0 Å². The fourth-order valence-corrected chi connectivity index (χ4v) is 4.07. The Morgan fingerprint density at radius 1 is 1.50 bits per heavy atom. The molecule has 1 aromatic rings. The van der Waals surface area contributed by atoms with Gasteiger partial charge in [0.15, 0.2) is 0 Å². The number of carbonyl (C=O) groups is 1. The molecule has 1 N–H and O–H groups in total. The highest BCUT2D eigenvalue weighted by Crippen LogP contribution is 2.27. The van der Waals surface area contributed by atoms with Crippen LogP contribution in [-0.2, 0) is 14.8 Å². The first-order chi connectivity index (χ1) is 9.37. The minimum absolute atomic E-state index is 0.0298. The van der Waals surface area contributed by atoms with Gasteiger partial charge >= 0.3 is 5.97 Å². The number of hydrogen-bond donors (Lipinski definition) is 1. The molecule has 0 saturated carbocycles. The second kappa shape index (κ2) is 5.23. The third-order valence-electron chi connectivity index (χ3n) is 3.41. The maximum absolute atomic E-state index is 12.5. The first-order valence-electron chi connectivity index (χ1n) is 6.13. The Morgan fingerprint density at radius 3 is 2.75 bits per heavy atom. The van der Waals surface area contributed by atoms with Gasteiger partial charge in [0.25, 0.3) is 0 Å². The molecule has 1 aliphatic heterocycles. The number of aliphatic carboxylic acids is 1. The van der Waals surface area contributed by atoms with Crippen LogP contribution >= 0.6 is 0 Å². The highest BCUT2D eigenvalue weighted by molar-refractivity contribution is 7.89. The van der Waals surface area contributed by atoms with Gasteiger partial charge in [-0.15, -0.1) is 0 Å². The van der Waals surface area contributed by atoms with E-state index in [2.05, 4.69) is 0 Å². The van der Waals surface area contributed by atoms with Crippen molar-refractivity contribution in [3.63, 3.8) is 0 Å². The summed E-state index contributed by atoms with van der Waals surface area (Å²) in [5.41, 5.74) is 0.958. The predicted octanol–water partition coefficient (Wildman–Crippen LogP) is 1.10. The molecule has 1 atom stereocenters. The topological polar surface area (TPSA) is 98.5 Å². The van der Waals surface area contributed by atoms with E-state index < -0.39 is 22.0 Å². The number of aryl methyl sites for hydroxylation is 1. The second-order valence-corrected chi connectivity index (χ2v) is 6.59. The number of sulfonamides is 1. The van der Waals surface area contributed by atoms with Gasteiger partial charge in [-0.25, -0.2) is 8.42 Å². The lowest BCUT2D eigenvalue weighted by molar-refractivity contribution is -0.140. The number of rotatable bonds is 3. The summed E-state index contributed by atoms with van der Waals surface area (Å²) in [6.07, 6.45) is 0.856. The molecular weight excluding hydrogens is 280 g/mol. The molecule has 0 unspecified atom stereocenters. The Balaban J connectivity index is 2.43. The average molecular weight is 294 g/mol. The Hall–Kier alpha value is -1.91. The summed E-state index contributed by atoms with van der Waals surface area (Å²) in [4.78, 5) is 11.1. The number of benzene rings is 1. The van der Waals surface area contributed by atoms with Gasteiger partial charge in [-0.2, -0.15) is 9.57 Å². The minimum atomic E-state index is -3.84. The van der Waals surface area contributed by atoms with Gasteiger partial charge in [-0.05, 0) is 43.5 Å². The molecule has 1 saturated heterocycles. The molecule has 1 fully saturated rings. The molecule has 0 spiro atoms. The molecule has 7 heteroatoms. The van der Waals surface area contributed by atoms with Gasteiger partial charge in [-0.1, -0.05) is 0 Å². The van der Waals surface area contributed by atoms with Crippen molar-refractivity contribution in [1.29, 1.82) is 5.26 Å². The van der Waals surface area contributed by atoms with E-state index in [1.54, 1.807) is 6.92 Å². The quantitative estimate of drug-likeness (QED) is 0.900. The summed E-state index contributed by atoms with van der Waals surface area (Å²) in [6, 6.07) is 5.16. The molecule has 106 valence electrons. The minimum Gasteiger partial charge on any atom is -0.480 e. The Kier molecular flexibility index (Phi) is 3.79. The number of carboxylic acid groups (broad SMARTS) is 1. The van der Waals surface area contributed by atoms with Crippen LogP contribution in [0.5, 0.6) is 0 Å². The van der Waals surface area contributed by atoms with Gasteiger partial charge in [0.05, 0.1) is 16.5 Å². The summed E-state index contributed by atoms with van der Waals surface area (Å²) in [6.45, 7) is 1.86. The molecule has 6 nitrogen and oxygen atoms in total. The van der Waals surface area contributed by atoms with Crippen molar-refractivity contribution in [1.82, 2.24) is 4.31 Å². The number of nitrogens with zero attached hydrogens (tertiary/aromatic N) is 2.